The van der Waals surface area contributed by atoms with E-state index >= 15 is 0 Å². The third-order valence-electron chi connectivity index (χ3n) is 3.10. The summed E-state index contributed by atoms with van der Waals surface area (Å²) in [5.41, 5.74) is 1.49. The average Bonchev–Trinajstić information content (AvgIpc) is 2.55. The van der Waals surface area contributed by atoms with Crippen molar-refractivity contribution >= 4 is 11.6 Å². The Bertz CT molecular complexity index is 602. The number of hydrogen-bond donors (Lipinski definition) is 3. The molecule has 0 saturated carbocycles. The standard InChI is InChI=1S/C16H21N3O4/c1-12-3-4-15(23-2)14(9-12)18-11-13(10-17)16(22)19(5-7-20)6-8-21/h3-4,9,11,18,20-21H,5-8H2,1-2H3/b13-11-. The Balaban J connectivity index is 2.97. The summed E-state index contributed by atoms with van der Waals surface area (Å²) >= 11 is 0. The third-order valence-corrected chi connectivity index (χ3v) is 3.10. The Morgan fingerprint density at radius 2 is 2.04 bits per heavy atom. The summed E-state index contributed by atoms with van der Waals surface area (Å²) in [5, 5.41) is 30.0. The quantitative estimate of drug-likeness (QED) is 0.479. The Hall–Kier alpha value is -2.56. The van der Waals surface area contributed by atoms with Crippen LogP contribution >= 0.6 is 0 Å². The van der Waals surface area contributed by atoms with Crippen molar-refractivity contribution in [3.63, 3.8) is 0 Å². The van der Waals surface area contributed by atoms with Gasteiger partial charge in [-0.15, -0.1) is 0 Å². The van der Waals surface area contributed by atoms with Crippen LogP contribution in [0.25, 0.3) is 0 Å². The van der Waals surface area contributed by atoms with E-state index in [4.69, 9.17) is 14.9 Å². The first-order valence-corrected chi connectivity index (χ1v) is 7.09. The number of nitrogens with one attached hydrogen (secondary N) is 1. The van der Waals surface area contributed by atoms with Crippen molar-refractivity contribution in [3.8, 4) is 11.8 Å². The molecule has 0 aliphatic heterocycles. The number of aliphatic hydroxyl groups is 2. The van der Waals surface area contributed by atoms with Gasteiger partial charge in [0, 0.05) is 19.3 Å². The van der Waals surface area contributed by atoms with Crippen molar-refractivity contribution in [1.82, 2.24) is 4.90 Å². The molecule has 7 heteroatoms. The molecule has 23 heavy (non-hydrogen) atoms. The van der Waals surface area contributed by atoms with Gasteiger partial charge in [-0.05, 0) is 24.6 Å². The van der Waals surface area contributed by atoms with Crippen molar-refractivity contribution in [2.24, 2.45) is 0 Å². The summed E-state index contributed by atoms with van der Waals surface area (Å²) in [4.78, 5) is 13.5. The van der Waals surface area contributed by atoms with Gasteiger partial charge in [-0.25, -0.2) is 0 Å². The van der Waals surface area contributed by atoms with E-state index in [1.54, 1.807) is 6.07 Å². The number of nitrogens with zero attached hydrogens (tertiary/aromatic N) is 2. The second kappa shape index (κ2) is 9.46. The summed E-state index contributed by atoms with van der Waals surface area (Å²) in [6.45, 7) is 1.51. The van der Waals surface area contributed by atoms with Gasteiger partial charge in [0.15, 0.2) is 0 Å². The summed E-state index contributed by atoms with van der Waals surface area (Å²) in [6.07, 6.45) is 1.29. The molecule has 0 aromatic heterocycles. The first-order chi connectivity index (χ1) is 11.1. The van der Waals surface area contributed by atoms with Crippen LogP contribution in [-0.2, 0) is 4.79 Å². The molecule has 0 unspecified atom stereocenters. The van der Waals surface area contributed by atoms with Gasteiger partial charge < -0.3 is 25.2 Å². The van der Waals surface area contributed by atoms with Gasteiger partial charge >= 0.3 is 0 Å². The predicted octanol–water partition coefficient (Wildman–Crippen LogP) is 0.636. The Morgan fingerprint density at radius 1 is 1.39 bits per heavy atom. The number of benzene rings is 1. The zero-order valence-electron chi connectivity index (χ0n) is 13.2. The minimum Gasteiger partial charge on any atom is -0.495 e. The minimum atomic E-state index is -0.560. The average molecular weight is 319 g/mol. The Labute approximate surface area is 135 Å². The van der Waals surface area contributed by atoms with Gasteiger partial charge in [0.25, 0.3) is 5.91 Å². The van der Waals surface area contributed by atoms with Crippen LogP contribution in [0.1, 0.15) is 5.56 Å². The highest BCUT2D eigenvalue weighted by Gasteiger charge is 2.17. The molecule has 3 N–H and O–H groups in total. The van der Waals surface area contributed by atoms with Crippen LogP contribution in [0.3, 0.4) is 0 Å². The summed E-state index contributed by atoms with van der Waals surface area (Å²) in [7, 11) is 1.53. The van der Waals surface area contributed by atoms with Crippen LogP contribution in [0.2, 0.25) is 0 Å². The van der Waals surface area contributed by atoms with Crippen LogP contribution in [-0.4, -0.2) is 54.4 Å². The Kier molecular flexibility index (Phi) is 7.60. The molecule has 1 aromatic rings. The Morgan fingerprint density at radius 3 is 2.57 bits per heavy atom. The van der Waals surface area contributed by atoms with Crippen molar-refractivity contribution in [2.45, 2.75) is 6.92 Å². The van der Waals surface area contributed by atoms with E-state index in [0.717, 1.165) is 5.56 Å². The number of ether oxygens (including phenoxy) is 1. The molecule has 1 aromatic carbocycles. The number of aliphatic hydroxyl groups excluding tert-OH is 2. The van der Waals surface area contributed by atoms with E-state index in [-0.39, 0.29) is 31.9 Å². The highest BCUT2D eigenvalue weighted by Crippen LogP contribution is 2.25. The van der Waals surface area contributed by atoms with Gasteiger partial charge in [-0.2, -0.15) is 5.26 Å². The summed E-state index contributed by atoms with van der Waals surface area (Å²) in [6, 6.07) is 7.32. The van der Waals surface area contributed by atoms with Gasteiger partial charge in [0.2, 0.25) is 0 Å². The molecule has 7 nitrogen and oxygen atoms in total. The molecular weight excluding hydrogens is 298 g/mol. The first-order valence-electron chi connectivity index (χ1n) is 7.09. The van der Waals surface area contributed by atoms with Crippen LogP contribution < -0.4 is 10.1 Å². The van der Waals surface area contributed by atoms with Crippen LogP contribution in [0.5, 0.6) is 5.75 Å². The lowest BCUT2D eigenvalue weighted by Gasteiger charge is -2.20. The fraction of sp³-hybridized carbons (Fsp3) is 0.375. The van der Waals surface area contributed by atoms with Crippen LogP contribution in [0, 0.1) is 18.3 Å². The zero-order chi connectivity index (χ0) is 17.2. The molecule has 0 fully saturated rings. The largest absolute Gasteiger partial charge is 0.495 e. The fourth-order valence-electron chi connectivity index (χ4n) is 1.95. The van der Waals surface area contributed by atoms with Gasteiger partial charge in [0.1, 0.15) is 17.4 Å². The maximum absolute atomic E-state index is 12.2. The fourth-order valence-corrected chi connectivity index (χ4v) is 1.95. The second-order valence-corrected chi connectivity index (χ2v) is 4.76. The number of nitriles is 1. The van der Waals surface area contributed by atoms with Gasteiger partial charge in [-0.3, -0.25) is 4.79 Å². The number of carbonyl (C=O) groups excluding carboxylic acids is 1. The molecule has 0 saturated heterocycles. The van der Waals surface area contributed by atoms with Crippen molar-refractivity contribution in [1.29, 1.82) is 5.26 Å². The monoisotopic (exact) mass is 319 g/mol. The minimum absolute atomic E-state index is 0.0478. The lowest BCUT2D eigenvalue weighted by Crippen LogP contribution is -2.36. The number of anilines is 1. The van der Waals surface area contributed by atoms with Crippen LogP contribution in [0.15, 0.2) is 30.0 Å². The maximum atomic E-state index is 12.2. The van der Waals surface area contributed by atoms with Gasteiger partial charge in [0.05, 0.1) is 26.0 Å². The van der Waals surface area contributed by atoms with Crippen molar-refractivity contribution in [3.05, 3.63) is 35.5 Å². The highest BCUT2D eigenvalue weighted by atomic mass is 16.5. The molecule has 0 bridgehead atoms. The topological polar surface area (TPSA) is 106 Å². The molecule has 0 radical (unpaired) electrons. The van der Waals surface area contributed by atoms with E-state index in [0.29, 0.717) is 11.4 Å². The summed E-state index contributed by atoms with van der Waals surface area (Å²) in [5.74, 6) is 0.0221. The number of hydrogen-bond acceptors (Lipinski definition) is 6. The van der Waals surface area contributed by atoms with E-state index < -0.39 is 5.91 Å². The predicted molar refractivity (Wildman–Crippen MR) is 85.8 cm³/mol. The SMILES string of the molecule is COc1ccc(C)cc1N/C=C(/C#N)C(=O)N(CCO)CCO. The normalized spacial score (nSPS) is 10.8. The van der Waals surface area contributed by atoms with E-state index in [1.165, 1.54) is 18.2 Å². The highest BCUT2D eigenvalue weighted by molar-refractivity contribution is 5.97. The third kappa shape index (κ3) is 5.29. The van der Waals surface area contributed by atoms with Gasteiger partial charge in [-0.1, -0.05) is 6.07 Å². The zero-order valence-corrected chi connectivity index (χ0v) is 13.2. The van der Waals surface area contributed by atoms with E-state index in [9.17, 15) is 10.1 Å². The molecule has 0 aliphatic carbocycles. The number of aryl methyl sites for hydroxylation is 1. The molecule has 1 rings (SSSR count). The second-order valence-electron chi connectivity index (χ2n) is 4.76. The first kappa shape index (κ1) is 18.5. The van der Waals surface area contributed by atoms with Crippen molar-refractivity contribution in [2.75, 3.05) is 38.7 Å². The lowest BCUT2D eigenvalue weighted by molar-refractivity contribution is -0.127. The smallest absolute Gasteiger partial charge is 0.266 e. The molecular formula is C16H21N3O4. The number of methoxy groups -OCH3 is 1. The molecule has 124 valence electrons. The lowest BCUT2D eigenvalue weighted by atomic mass is 10.2. The molecule has 0 aliphatic rings. The number of rotatable bonds is 8. The van der Waals surface area contributed by atoms with E-state index in [2.05, 4.69) is 5.32 Å². The number of amides is 1. The molecule has 0 atom stereocenters. The van der Waals surface area contributed by atoms with E-state index in [1.807, 2.05) is 25.1 Å². The molecule has 1 amide bonds. The summed E-state index contributed by atoms with van der Waals surface area (Å²) < 4.78 is 5.22. The van der Waals surface area contributed by atoms with Crippen molar-refractivity contribution < 1.29 is 19.7 Å². The maximum Gasteiger partial charge on any atom is 0.266 e. The number of carbonyl (C=O) groups is 1. The molecule has 0 heterocycles. The van der Waals surface area contributed by atoms with Crippen LogP contribution in [0.4, 0.5) is 5.69 Å². The molecule has 0 spiro atoms.